The second kappa shape index (κ2) is 5.85. The molecule has 0 saturated heterocycles. The highest BCUT2D eigenvalue weighted by Gasteiger charge is 2.08. The minimum absolute atomic E-state index is 0.264. The van der Waals surface area contributed by atoms with Crippen molar-refractivity contribution in [1.29, 1.82) is 0 Å². The van der Waals surface area contributed by atoms with Gasteiger partial charge in [0, 0.05) is 5.56 Å². The first-order chi connectivity index (χ1) is 7.58. The van der Waals surface area contributed by atoms with Gasteiger partial charge in [-0.25, -0.2) is 0 Å². The van der Waals surface area contributed by atoms with Gasteiger partial charge in [-0.2, -0.15) is 0 Å². The van der Waals surface area contributed by atoms with Gasteiger partial charge in [0.15, 0.2) is 0 Å². The Labute approximate surface area is 103 Å². The summed E-state index contributed by atoms with van der Waals surface area (Å²) < 4.78 is 5.92. The van der Waals surface area contributed by atoms with Crippen LogP contribution in [0.1, 0.15) is 37.8 Å². The first-order valence-electron chi connectivity index (χ1n) is 5.65. The fourth-order valence-electron chi connectivity index (χ4n) is 1.52. The first kappa shape index (κ1) is 13.0. The highest BCUT2D eigenvalue weighted by atomic mass is 32.1. The molecule has 0 bridgehead atoms. The molecule has 1 aromatic carbocycles. The lowest BCUT2D eigenvalue weighted by Gasteiger charge is -2.18. The third-order valence-corrected chi connectivity index (χ3v) is 2.91. The van der Waals surface area contributed by atoms with Crippen molar-refractivity contribution in [2.45, 2.75) is 39.7 Å². The molecule has 0 aliphatic rings. The number of benzene rings is 1. The summed E-state index contributed by atoms with van der Waals surface area (Å²) >= 11 is 4.96. The molecule has 3 heteroatoms. The van der Waals surface area contributed by atoms with E-state index in [1.807, 2.05) is 25.1 Å². The molecule has 88 valence electrons. The number of thiocarbonyl (C=S) groups is 1. The number of aryl methyl sites for hydroxylation is 1. The number of hydrogen-bond donors (Lipinski definition) is 1. The van der Waals surface area contributed by atoms with E-state index in [9.17, 15) is 0 Å². The maximum absolute atomic E-state index is 5.92. The van der Waals surface area contributed by atoms with Gasteiger partial charge in [-0.05, 0) is 31.4 Å². The van der Waals surface area contributed by atoms with Crippen LogP contribution in [0, 0.1) is 6.92 Å². The molecule has 0 aliphatic carbocycles. The lowest BCUT2D eigenvalue weighted by atomic mass is 10.1. The molecular weight excluding hydrogens is 218 g/mol. The number of ether oxygens (including phenoxy) is 1. The molecule has 1 aromatic rings. The summed E-state index contributed by atoms with van der Waals surface area (Å²) in [6.07, 6.45) is 2.28. The normalized spacial score (nSPS) is 10.5. The number of nitrogens with two attached hydrogens (primary N) is 1. The average molecular weight is 237 g/mol. The lowest BCUT2D eigenvalue weighted by molar-refractivity contribution is 0.191. The zero-order valence-corrected chi connectivity index (χ0v) is 10.9. The molecule has 0 fully saturated rings. The lowest BCUT2D eigenvalue weighted by Crippen LogP contribution is -2.15. The van der Waals surface area contributed by atoms with Crippen LogP contribution in [0.2, 0.25) is 0 Å². The number of rotatable bonds is 5. The van der Waals surface area contributed by atoms with Crippen LogP contribution in [0.3, 0.4) is 0 Å². The maximum Gasteiger partial charge on any atom is 0.123 e. The summed E-state index contributed by atoms with van der Waals surface area (Å²) in [5.74, 6) is 0.888. The van der Waals surface area contributed by atoms with E-state index in [1.165, 1.54) is 0 Å². The Morgan fingerprint density at radius 2 is 2.00 bits per heavy atom. The third kappa shape index (κ3) is 3.20. The molecule has 0 saturated carbocycles. The molecule has 0 spiro atoms. The molecule has 1 rings (SSSR count). The maximum atomic E-state index is 5.92. The second-order valence-corrected chi connectivity index (χ2v) is 4.34. The van der Waals surface area contributed by atoms with Gasteiger partial charge in [0.2, 0.25) is 0 Å². The molecule has 0 aliphatic heterocycles. The van der Waals surface area contributed by atoms with Crippen LogP contribution in [0.15, 0.2) is 18.2 Å². The highest BCUT2D eigenvalue weighted by Crippen LogP contribution is 2.22. The Bertz CT molecular complexity index is 372. The summed E-state index contributed by atoms with van der Waals surface area (Å²) in [5.41, 5.74) is 7.58. The monoisotopic (exact) mass is 237 g/mol. The van der Waals surface area contributed by atoms with Crippen molar-refractivity contribution in [2.24, 2.45) is 5.73 Å². The van der Waals surface area contributed by atoms with Crippen molar-refractivity contribution >= 4 is 17.2 Å². The first-order valence-corrected chi connectivity index (χ1v) is 6.06. The van der Waals surface area contributed by atoms with Crippen LogP contribution < -0.4 is 10.5 Å². The van der Waals surface area contributed by atoms with Crippen LogP contribution in [-0.2, 0) is 0 Å². The van der Waals surface area contributed by atoms with Gasteiger partial charge in [0.1, 0.15) is 10.7 Å². The Hall–Kier alpha value is -1.09. The SMILES string of the molecule is CCC(CC)Oc1cc(C(N)=S)ccc1C. The molecule has 0 aromatic heterocycles. The topological polar surface area (TPSA) is 35.2 Å². The third-order valence-electron chi connectivity index (χ3n) is 2.68. The van der Waals surface area contributed by atoms with Crippen LogP contribution in [0.5, 0.6) is 5.75 Å². The van der Waals surface area contributed by atoms with E-state index in [2.05, 4.69) is 13.8 Å². The molecule has 0 atom stereocenters. The largest absolute Gasteiger partial charge is 0.490 e. The molecule has 2 nitrogen and oxygen atoms in total. The van der Waals surface area contributed by atoms with Crippen molar-refractivity contribution in [2.75, 3.05) is 0 Å². The molecule has 2 N–H and O–H groups in total. The van der Waals surface area contributed by atoms with Gasteiger partial charge in [-0.15, -0.1) is 0 Å². The predicted molar refractivity (Wildman–Crippen MR) is 72.1 cm³/mol. The van der Waals surface area contributed by atoms with Crippen LogP contribution in [0.25, 0.3) is 0 Å². The van der Waals surface area contributed by atoms with E-state index in [0.29, 0.717) is 4.99 Å². The van der Waals surface area contributed by atoms with Crippen molar-refractivity contribution in [1.82, 2.24) is 0 Å². The predicted octanol–water partition coefficient (Wildman–Crippen LogP) is 3.20. The summed E-state index contributed by atoms with van der Waals surface area (Å²) in [6.45, 7) is 6.28. The zero-order chi connectivity index (χ0) is 12.1. The average Bonchev–Trinajstić information content (AvgIpc) is 2.27. The molecule has 16 heavy (non-hydrogen) atoms. The van der Waals surface area contributed by atoms with Crippen molar-refractivity contribution in [3.8, 4) is 5.75 Å². The fourth-order valence-corrected chi connectivity index (χ4v) is 1.64. The van der Waals surface area contributed by atoms with Crippen molar-refractivity contribution in [3.05, 3.63) is 29.3 Å². The molecule has 0 amide bonds. The summed E-state index contributed by atoms with van der Waals surface area (Å²) in [5, 5.41) is 0. The van der Waals surface area contributed by atoms with Crippen molar-refractivity contribution in [3.63, 3.8) is 0 Å². The summed E-state index contributed by atoms with van der Waals surface area (Å²) in [4.78, 5) is 0.411. The molecule has 0 unspecified atom stereocenters. The summed E-state index contributed by atoms with van der Waals surface area (Å²) in [6, 6.07) is 5.85. The number of hydrogen-bond acceptors (Lipinski definition) is 2. The minimum atomic E-state index is 0.264. The Morgan fingerprint density at radius 3 is 2.50 bits per heavy atom. The van der Waals surface area contributed by atoms with E-state index >= 15 is 0 Å². The van der Waals surface area contributed by atoms with Gasteiger partial charge < -0.3 is 10.5 Å². The van der Waals surface area contributed by atoms with E-state index in [1.54, 1.807) is 0 Å². The smallest absolute Gasteiger partial charge is 0.123 e. The van der Waals surface area contributed by atoms with Gasteiger partial charge in [0.25, 0.3) is 0 Å². The molecular formula is C13H19NOS. The van der Waals surface area contributed by atoms with Crippen LogP contribution in [-0.4, -0.2) is 11.1 Å². The highest BCUT2D eigenvalue weighted by molar-refractivity contribution is 7.80. The van der Waals surface area contributed by atoms with E-state index in [4.69, 9.17) is 22.7 Å². The molecule has 0 heterocycles. The Morgan fingerprint density at radius 1 is 1.38 bits per heavy atom. The quantitative estimate of drug-likeness (QED) is 0.799. The van der Waals surface area contributed by atoms with Gasteiger partial charge in [-0.3, -0.25) is 0 Å². The van der Waals surface area contributed by atoms with Gasteiger partial charge in [-0.1, -0.05) is 38.2 Å². The van der Waals surface area contributed by atoms with E-state index < -0.39 is 0 Å². The van der Waals surface area contributed by atoms with Crippen LogP contribution >= 0.6 is 12.2 Å². The molecule has 0 radical (unpaired) electrons. The minimum Gasteiger partial charge on any atom is -0.490 e. The second-order valence-electron chi connectivity index (χ2n) is 3.90. The zero-order valence-electron chi connectivity index (χ0n) is 10.1. The van der Waals surface area contributed by atoms with Gasteiger partial charge in [0.05, 0.1) is 6.10 Å². The standard InChI is InChI=1S/C13H19NOS/c1-4-11(5-2)15-12-8-10(13(14)16)7-6-9(12)3/h6-8,11H,4-5H2,1-3H3,(H2,14,16). The fraction of sp³-hybridized carbons (Fsp3) is 0.462. The summed E-state index contributed by atoms with van der Waals surface area (Å²) in [7, 11) is 0. The van der Waals surface area contributed by atoms with Crippen LogP contribution in [0.4, 0.5) is 0 Å². The Balaban J connectivity index is 2.93. The van der Waals surface area contributed by atoms with Crippen molar-refractivity contribution < 1.29 is 4.74 Å². The Kier molecular flexibility index (Phi) is 4.74. The van der Waals surface area contributed by atoms with Gasteiger partial charge >= 0.3 is 0 Å². The van der Waals surface area contributed by atoms with E-state index in [0.717, 1.165) is 29.7 Å². The van der Waals surface area contributed by atoms with E-state index in [-0.39, 0.29) is 6.10 Å².